The number of hydrogen-bond acceptors (Lipinski definition) is 14. The molecule has 3 heterocycles. The summed E-state index contributed by atoms with van der Waals surface area (Å²) in [5.74, 6) is -4.95. The lowest BCUT2D eigenvalue weighted by Crippen LogP contribution is -2.66. The minimum atomic E-state index is -1.63. The van der Waals surface area contributed by atoms with Gasteiger partial charge in [-0.3, -0.25) is 24.0 Å². The van der Waals surface area contributed by atoms with Gasteiger partial charge in [-0.05, 0) is 19.9 Å². The number of carbonyl (C=O) groups excluding carboxylic acids is 6. The maximum absolute atomic E-state index is 13.3. The van der Waals surface area contributed by atoms with Crippen LogP contribution in [0, 0.1) is 11.3 Å². The van der Waals surface area contributed by atoms with E-state index in [9.17, 15) is 28.8 Å². The van der Waals surface area contributed by atoms with Crippen LogP contribution < -0.4 is 0 Å². The molecule has 14 nitrogen and oxygen atoms in total. The van der Waals surface area contributed by atoms with Gasteiger partial charge in [0, 0.05) is 59.0 Å². The van der Waals surface area contributed by atoms with Gasteiger partial charge in [0.2, 0.25) is 0 Å². The number of esters is 6. The number of rotatable bonds is 6. The van der Waals surface area contributed by atoms with Gasteiger partial charge in [-0.15, -0.1) is 0 Å². The first-order valence-electron chi connectivity index (χ1n) is 14.5. The van der Waals surface area contributed by atoms with Gasteiger partial charge in [-0.2, -0.15) is 0 Å². The third kappa shape index (κ3) is 4.86. The highest BCUT2D eigenvalue weighted by atomic mass is 16.7. The first kappa shape index (κ1) is 31.9. The fraction of sp³-hybridized carbons (Fsp3) is 0.733. The fourth-order valence-electron chi connectivity index (χ4n) is 7.82. The van der Waals surface area contributed by atoms with E-state index in [0.717, 1.165) is 0 Å². The van der Waals surface area contributed by atoms with Gasteiger partial charge in [0.05, 0.1) is 17.1 Å². The SMILES string of the molecule is CC(=O)OC/C1=C/[C@@H]2OC(=O)[C@]3(C)O[C@]23C(OC(C)=O)[C@H]2[C@@]3(C)O[C@H]3C[C@H](OC(C)=O)[C@@]2(C)[C@H](OC(C)=O)CC1OC(C)=O. The van der Waals surface area contributed by atoms with Crippen LogP contribution in [-0.4, -0.2) is 95.8 Å². The van der Waals surface area contributed by atoms with E-state index in [0.29, 0.717) is 0 Å². The average Bonchev–Trinajstić information content (AvgIpc) is 3.72. The van der Waals surface area contributed by atoms with E-state index in [1.54, 1.807) is 6.92 Å². The number of carbonyl (C=O) groups is 6. The second-order valence-electron chi connectivity index (χ2n) is 12.7. The van der Waals surface area contributed by atoms with Crippen molar-refractivity contribution in [2.24, 2.45) is 11.3 Å². The molecular weight excluding hydrogens is 584 g/mol. The molecule has 2 aliphatic carbocycles. The number of hydrogen-bond donors (Lipinski definition) is 0. The van der Waals surface area contributed by atoms with Crippen LogP contribution >= 0.6 is 0 Å². The van der Waals surface area contributed by atoms with Crippen molar-refractivity contribution in [2.45, 2.75) is 122 Å². The molecule has 1 saturated carbocycles. The van der Waals surface area contributed by atoms with Crippen LogP contribution in [0.25, 0.3) is 0 Å². The van der Waals surface area contributed by atoms with Crippen molar-refractivity contribution < 1.29 is 66.7 Å². The van der Waals surface area contributed by atoms with Crippen LogP contribution in [0.5, 0.6) is 0 Å². The summed E-state index contributed by atoms with van der Waals surface area (Å²) in [5, 5.41) is 0. The molecule has 4 fully saturated rings. The molecular formula is C30H38O14. The van der Waals surface area contributed by atoms with E-state index >= 15 is 0 Å². The van der Waals surface area contributed by atoms with Crippen molar-refractivity contribution in [1.29, 1.82) is 0 Å². The number of fused-ring (bicyclic) bond motifs is 3. The molecule has 2 unspecified atom stereocenters. The van der Waals surface area contributed by atoms with Gasteiger partial charge in [-0.1, -0.05) is 6.92 Å². The molecule has 11 atom stereocenters. The maximum atomic E-state index is 13.3. The maximum Gasteiger partial charge on any atom is 0.342 e. The largest absolute Gasteiger partial charge is 0.462 e. The van der Waals surface area contributed by atoms with Gasteiger partial charge in [0.25, 0.3) is 0 Å². The summed E-state index contributed by atoms with van der Waals surface area (Å²) in [6.45, 7) is 10.7. The van der Waals surface area contributed by atoms with Gasteiger partial charge >= 0.3 is 35.8 Å². The molecule has 242 valence electrons. The lowest BCUT2D eigenvalue weighted by Gasteiger charge is -2.54. The molecule has 5 rings (SSSR count). The number of ether oxygens (including phenoxy) is 8. The Bertz CT molecular complexity index is 1340. The highest BCUT2D eigenvalue weighted by Crippen LogP contribution is 2.69. The molecule has 5 aliphatic rings. The highest BCUT2D eigenvalue weighted by molar-refractivity contribution is 5.89. The predicted molar refractivity (Wildman–Crippen MR) is 143 cm³/mol. The second-order valence-corrected chi connectivity index (χ2v) is 12.7. The summed E-state index contributed by atoms with van der Waals surface area (Å²) in [4.78, 5) is 75.6. The average molecular weight is 623 g/mol. The molecule has 0 radical (unpaired) electrons. The fourth-order valence-corrected chi connectivity index (χ4v) is 7.82. The molecule has 3 aliphatic heterocycles. The van der Waals surface area contributed by atoms with Crippen molar-refractivity contribution in [3.8, 4) is 0 Å². The van der Waals surface area contributed by atoms with Gasteiger partial charge < -0.3 is 37.9 Å². The van der Waals surface area contributed by atoms with E-state index in [4.69, 9.17) is 37.9 Å². The molecule has 0 aromatic carbocycles. The Morgan fingerprint density at radius 1 is 0.818 bits per heavy atom. The molecule has 0 aromatic rings. The first-order chi connectivity index (χ1) is 20.4. The Kier molecular flexibility index (Phi) is 7.64. The zero-order valence-electron chi connectivity index (χ0n) is 26.0. The summed E-state index contributed by atoms with van der Waals surface area (Å²) in [6.07, 6.45) is -4.67. The van der Waals surface area contributed by atoms with Crippen LogP contribution in [-0.2, 0) is 66.7 Å². The van der Waals surface area contributed by atoms with Crippen molar-refractivity contribution in [2.75, 3.05) is 6.61 Å². The standard InChI is InChI=1S/C30H38O14/c1-13(31)37-12-18-9-23-30(29(8,44-30)26(36)42-23)25(41-17(5)35)24-27(6,20(39-15(3)33)10-19(18)38-14(2)32)21(40-16(4)34)11-22-28(24,7)43-22/h9,19-25H,10-12H2,1-8H3/b18-9-/t19?,20-,21+,22+,23+,24-,25?,27-,28+,29+,30+/m1/s1. The quantitative estimate of drug-likeness (QED) is 0.178. The summed E-state index contributed by atoms with van der Waals surface area (Å²) in [7, 11) is 0. The van der Waals surface area contributed by atoms with Crippen molar-refractivity contribution in [3.05, 3.63) is 11.6 Å². The van der Waals surface area contributed by atoms with Gasteiger partial charge in [0.1, 0.15) is 31.0 Å². The summed E-state index contributed by atoms with van der Waals surface area (Å²) >= 11 is 0. The van der Waals surface area contributed by atoms with Crippen molar-refractivity contribution >= 4 is 35.8 Å². The van der Waals surface area contributed by atoms with E-state index < -0.39 is 101 Å². The predicted octanol–water partition coefficient (Wildman–Crippen LogP) is 1.24. The third-order valence-electron chi connectivity index (χ3n) is 9.80. The summed E-state index contributed by atoms with van der Waals surface area (Å²) < 4.78 is 47.2. The molecule has 44 heavy (non-hydrogen) atoms. The topological polar surface area (TPSA) is 183 Å². The Hall–Kier alpha value is -3.52. The Balaban J connectivity index is 1.81. The smallest absolute Gasteiger partial charge is 0.342 e. The minimum Gasteiger partial charge on any atom is -0.462 e. The van der Waals surface area contributed by atoms with Crippen LogP contribution in [0.15, 0.2) is 11.6 Å². The number of epoxide rings is 2. The van der Waals surface area contributed by atoms with Crippen LogP contribution in [0.2, 0.25) is 0 Å². The van der Waals surface area contributed by atoms with E-state index in [-0.39, 0.29) is 25.0 Å². The van der Waals surface area contributed by atoms with Crippen LogP contribution in [0.1, 0.15) is 68.2 Å². The normalized spacial score (nSPS) is 44.4. The highest BCUT2D eigenvalue weighted by Gasteiger charge is 2.89. The second kappa shape index (κ2) is 10.5. The van der Waals surface area contributed by atoms with Crippen molar-refractivity contribution in [3.63, 3.8) is 0 Å². The monoisotopic (exact) mass is 622 g/mol. The van der Waals surface area contributed by atoms with E-state index in [2.05, 4.69) is 0 Å². The molecule has 3 saturated heterocycles. The van der Waals surface area contributed by atoms with E-state index in [1.807, 2.05) is 6.92 Å². The molecule has 1 spiro atoms. The first-order valence-corrected chi connectivity index (χ1v) is 14.5. The molecule has 0 bridgehead atoms. The van der Waals surface area contributed by atoms with Crippen molar-refractivity contribution in [1.82, 2.24) is 0 Å². The Morgan fingerprint density at radius 3 is 1.91 bits per heavy atom. The van der Waals surface area contributed by atoms with E-state index in [1.165, 1.54) is 47.6 Å². The molecule has 0 N–H and O–H groups in total. The molecule has 0 amide bonds. The van der Waals surface area contributed by atoms with Gasteiger partial charge in [0.15, 0.2) is 17.3 Å². The summed E-state index contributed by atoms with van der Waals surface area (Å²) in [6, 6.07) is 0. The van der Waals surface area contributed by atoms with Crippen LogP contribution in [0.4, 0.5) is 0 Å². The van der Waals surface area contributed by atoms with Crippen LogP contribution in [0.3, 0.4) is 0 Å². The Morgan fingerprint density at radius 2 is 1.39 bits per heavy atom. The van der Waals surface area contributed by atoms with Gasteiger partial charge in [-0.25, -0.2) is 4.79 Å². The Labute approximate surface area is 253 Å². The third-order valence-corrected chi connectivity index (χ3v) is 9.80. The lowest BCUT2D eigenvalue weighted by atomic mass is 9.53. The summed E-state index contributed by atoms with van der Waals surface area (Å²) in [5.41, 5.74) is -5.40. The molecule has 0 aromatic heterocycles. The zero-order valence-corrected chi connectivity index (χ0v) is 26.0. The lowest BCUT2D eigenvalue weighted by molar-refractivity contribution is -0.215. The minimum absolute atomic E-state index is 0.184. The molecule has 14 heteroatoms. The zero-order chi connectivity index (χ0) is 32.6.